The van der Waals surface area contributed by atoms with Gasteiger partial charge in [0, 0.05) is 12.4 Å². The van der Waals surface area contributed by atoms with Gasteiger partial charge in [0.2, 0.25) is 5.82 Å². The largest absolute Gasteiger partial charge is 0.306 e. The van der Waals surface area contributed by atoms with E-state index in [1.165, 1.54) is 0 Å². The van der Waals surface area contributed by atoms with Gasteiger partial charge in [0.05, 0.1) is 23.8 Å². The summed E-state index contributed by atoms with van der Waals surface area (Å²) in [6.45, 7) is 7.81. The van der Waals surface area contributed by atoms with E-state index in [2.05, 4.69) is 35.8 Å². The molecule has 0 bridgehead atoms. The fraction of sp³-hybridized carbons (Fsp3) is 0.250. The third kappa shape index (κ3) is 3.79. The van der Waals surface area contributed by atoms with Gasteiger partial charge >= 0.3 is 0 Å². The lowest BCUT2D eigenvalue weighted by Gasteiger charge is -2.10. The van der Waals surface area contributed by atoms with Crippen LogP contribution in [0.5, 0.6) is 0 Å². The molecule has 0 radical (unpaired) electrons. The van der Waals surface area contributed by atoms with Crippen LogP contribution in [-0.2, 0) is 0 Å². The summed E-state index contributed by atoms with van der Waals surface area (Å²) in [4.78, 5) is 25.8. The van der Waals surface area contributed by atoms with E-state index < -0.39 is 0 Å². The van der Waals surface area contributed by atoms with Crippen molar-refractivity contribution in [1.82, 2.24) is 39.7 Å². The Morgan fingerprint density at radius 1 is 1.17 bits per heavy atom. The topological polar surface area (TPSA) is 116 Å². The van der Waals surface area contributed by atoms with E-state index in [9.17, 15) is 4.79 Å². The minimum absolute atomic E-state index is 0.0806. The Kier molecular flexibility index (Phi) is 5.05. The van der Waals surface area contributed by atoms with E-state index in [4.69, 9.17) is 0 Å². The first-order valence-electron chi connectivity index (χ1n) is 9.46. The van der Waals surface area contributed by atoms with E-state index in [0.29, 0.717) is 17.3 Å². The van der Waals surface area contributed by atoms with Gasteiger partial charge < -0.3 is 9.88 Å². The molecule has 0 aliphatic rings. The zero-order valence-electron chi connectivity index (χ0n) is 17.1. The summed E-state index contributed by atoms with van der Waals surface area (Å²) in [7, 11) is 0. The number of aromatic nitrogens is 8. The molecule has 0 atom stereocenters. The normalized spacial score (nSPS) is 11.1. The third-order valence-corrected chi connectivity index (χ3v) is 4.50. The van der Waals surface area contributed by atoms with Crippen molar-refractivity contribution < 1.29 is 4.79 Å². The molecule has 0 aliphatic carbocycles. The smallest absolute Gasteiger partial charge is 0.275 e. The SMILES string of the molecule is Cc1cn(-c2cc(C(=O)Nc3cccc(-c4nnnn4C(C)C)n3)ncc2C)cn1. The quantitative estimate of drug-likeness (QED) is 0.544. The number of aryl methyl sites for hydroxylation is 2. The zero-order chi connectivity index (χ0) is 21.3. The number of hydrogen-bond acceptors (Lipinski definition) is 7. The van der Waals surface area contributed by atoms with Crippen LogP contribution in [0.4, 0.5) is 5.82 Å². The van der Waals surface area contributed by atoms with Crippen molar-refractivity contribution in [1.29, 1.82) is 0 Å². The summed E-state index contributed by atoms with van der Waals surface area (Å²) in [6.07, 6.45) is 5.28. The number of amides is 1. The van der Waals surface area contributed by atoms with E-state index in [-0.39, 0.29) is 17.6 Å². The molecule has 0 saturated heterocycles. The van der Waals surface area contributed by atoms with Crippen molar-refractivity contribution in [2.24, 2.45) is 0 Å². The van der Waals surface area contributed by atoms with Crippen LogP contribution in [0.25, 0.3) is 17.2 Å². The van der Waals surface area contributed by atoms with Gasteiger partial charge in [0.15, 0.2) is 0 Å². The van der Waals surface area contributed by atoms with Crippen molar-refractivity contribution in [3.05, 3.63) is 59.9 Å². The maximum Gasteiger partial charge on any atom is 0.275 e. The van der Waals surface area contributed by atoms with E-state index >= 15 is 0 Å². The molecular formula is C20H21N9O. The van der Waals surface area contributed by atoms with E-state index in [0.717, 1.165) is 16.9 Å². The Morgan fingerprint density at radius 3 is 2.73 bits per heavy atom. The van der Waals surface area contributed by atoms with Gasteiger partial charge in [-0.25, -0.2) is 14.6 Å². The second-order valence-electron chi connectivity index (χ2n) is 7.18. The van der Waals surface area contributed by atoms with Crippen molar-refractivity contribution in [3.8, 4) is 17.2 Å². The number of hydrogen-bond donors (Lipinski definition) is 1. The predicted octanol–water partition coefficient (Wildman–Crippen LogP) is 2.77. The highest BCUT2D eigenvalue weighted by atomic mass is 16.1. The molecule has 4 rings (SSSR count). The molecule has 1 amide bonds. The first-order chi connectivity index (χ1) is 14.4. The molecule has 0 aliphatic heterocycles. The van der Waals surface area contributed by atoms with Crippen LogP contribution in [0.2, 0.25) is 0 Å². The molecular weight excluding hydrogens is 382 g/mol. The van der Waals surface area contributed by atoms with Crippen LogP contribution in [-0.4, -0.2) is 45.6 Å². The van der Waals surface area contributed by atoms with Gasteiger partial charge in [0.25, 0.3) is 5.91 Å². The molecule has 10 nitrogen and oxygen atoms in total. The molecule has 10 heteroatoms. The van der Waals surface area contributed by atoms with Gasteiger partial charge in [-0.15, -0.1) is 5.10 Å². The van der Waals surface area contributed by atoms with Gasteiger partial charge in [-0.1, -0.05) is 6.07 Å². The Balaban J connectivity index is 1.60. The average Bonchev–Trinajstić information content (AvgIpc) is 3.38. The summed E-state index contributed by atoms with van der Waals surface area (Å²) in [5.74, 6) is 0.562. The summed E-state index contributed by atoms with van der Waals surface area (Å²) in [5, 5.41) is 14.6. The van der Waals surface area contributed by atoms with Gasteiger partial charge in [-0.05, 0) is 61.9 Å². The highest BCUT2D eigenvalue weighted by Crippen LogP contribution is 2.19. The number of nitrogens with zero attached hydrogens (tertiary/aromatic N) is 8. The second-order valence-corrected chi connectivity index (χ2v) is 7.18. The first kappa shape index (κ1) is 19.4. The first-order valence-corrected chi connectivity index (χ1v) is 9.46. The lowest BCUT2D eigenvalue weighted by molar-refractivity contribution is 0.102. The third-order valence-electron chi connectivity index (χ3n) is 4.50. The average molecular weight is 403 g/mol. The number of pyridine rings is 2. The molecule has 152 valence electrons. The fourth-order valence-electron chi connectivity index (χ4n) is 2.99. The zero-order valence-corrected chi connectivity index (χ0v) is 17.1. The molecule has 4 aromatic rings. The Morgan fingerprint density at radius 2 is 2.00 bits per heavy atom. The number of rotatable bonds is 5. The Bertz CT molecular complexity index is 1210. The number of nitrogens with one attached hydrogen (secondary N) is 1. The van der Waals surface area contributed by atoms with E-state index in [1.807, 2.05) is 38.5 Å². The van der Waals surface area contributed by atoms with Crippen molar-refractivity contribution in [2.45, 2.75) is 33.7 Å². The summed E-state index contributed by atoms with van der Waals surface area (Å²) < 4.78 is 3.54. The fourth-order valence-corrected chi connectivity index (χ4v) is 2.99. The lowest BCUT2D eigenvalue weighted by Crippen LogP contribution is -2.16. The van der Waals surface area contributed by atoms with Crippen LogP contribution < -0.4 is 5.32 Å². The van der Waals surface area contributed by atoms with Crippen LogP contribution in [0.15, 0.2) is 43.0 Å². The number of anilines is 1. The standard InChI is InChI=1S/C20H21N9O/c1-12(2)29-19(25-26-27-29)15-6-5-7-18(23-15)24-20(30)16-8-17(13(3)9-21-16)28-10-14(4)22-11-28/h5-12H,1-4H3,(H,23,24,30). The molecule has 4 aromatic heterocycles. The van der Waals surface area contributed by atoms with Gasteiger partial charge in [-0.2, -0.15) is 0 Å². The molecule has 1 N–H and O–H groups in total. The summed E-state index contributed by atoms with van der Waals surface area (Å²) >= 11 is 0. The predicted molar refractivity (Wildman–Crippen MR) is 110 cm³/mol. The maximum absolute atomic E-state index is 12.8. The monoisotopic (exact) mass is 403 g/mol. The molecule has 0 fully saturated rings. The molecule has 0 aromatic carbocycles. The number of carbonyl (C=O) groups is 1. The molecule has 4 heterocycles. The van der Waals surface area contributed by atoms with Crippen molar-refractivity contribution >= 4 is 11.7 Å². The number of tetrazole rings is 1. The minimum atomic E-state index is -0.360. The lowest BCUT2D eigenvalue weighted by atomic mass is 10.2. The van der Waals surface area contributed by atoms with E-state index in [1.54, 1.807) is 41.5 Å². The number of carbonyl (C=O) groups excluding carboxylic acids is 1. The van der Waals surface area contributed by atoms with Crippen LogP contribution in [0.1, 0.15) is 41.6 Å². The van der Waals surface area contributed by atoms with Gasteiger partial charge in [0.1, 0.15) is 17.2 Å². The molecule has 0 spiro atoms. The second kappa shape index (κ2) is 7.82. The van der Waals surface area contributed by atoms with Crippen LogP contribution in [0.3, 0.4) is 0 Å². The minimum Gasteiger partial charge on any atom is -0.306 e. The summed E-state index contributed by atoms with van der Waals surface area (Å²) in [6, 6.07) is 7.11. The molecule has 0 saturated carbocycles. The van der Waals surface area contributed by atoms with Crippen LogP contribution >= 0.6 is 0 Å². The number of imidazole rings is 1. The molecule has 30 heavy (non-hydrogen) atoms. The Hall–Kier alpha value is -3.95. The van der Waals surface area contributed by atoms with Gasteiger partial charge in [-0.3, -0.25) is 9.78 Å². The van der Waals surface area contributed by atoms with Crippen LogP contribution in [0, 0.1) is 13.8 Å². The van der Waals surface area contributed by atoms with Crippen molar-refractivity contribution in [2.75, 3.05) is 5.32 Å². The maximum atomic E-state index is 12.8. The van der Waals surface area contributed by atoms with Crippen molar-refractivity contribution in [3.63, 3.8) is 0 Å². The summed E-state index contributed by atoms with van der Waals surface area (Å²) in [5.41, 5.74) is 3.51. The highest BCUT2D eigenvalue weighted by Gasteiger charge is 2.15. The highest BCUT2D eigenvalue weighted by molar-refractivity contribution is 6.02. The Labute approximate surface area is 173 Å². The molecule has 0 unspecified atom stereocenters.